The lowest BCUT2D eigenvalue weighted by atomic mass is 10.1. The van der Waals surface area contributed by atoms with Crippen molar-refractivity contribution in [2.45, 2.75) is 19.9 Å². The van der Waals surface area contributed by atoms with Gasteiger partial charge >= 0.3 is 0 Å². The summed E-state index contributed by atoms with van der Waals surface area (Å²) in [4.78, 5) is 4.23. The number of nitrogens with zero attached hydrogens (tertiary/aromatic N) is 1. The van der Waals surface area contributed by atoms with Crippen LogP contribution in [0.5, 0.6) is 11.6 Å². The highest BCUT2D eigenvalue weighted by atomic mass is 16.5. The maximum atomic E-state index is 5.89. The van der Waals surface area contributed by atoms with Crippen molar-refractivity contribution in [1.82, 2.24) is 4.98 Å². The molecular weight excluding hydrogens is 212 g/mol. The molecule has 17 heavy (non-hydrogen) atoms. The average molecular weight is 228 g/mol. The van der Waals surface area contributed by atoms with Gasteiger partial charge in [-0.3, -0.25) is 0 Å². The van der Waals surface area contributed by atoms with Gasteiger partial charge in [0.2, 0.25) is 5.88 Å². The molecular formula is C14H16N2O. The van der Waals surface area contributed by atoms with E-state index in [9.17, 15) is 0 Å². The highest BCUT2D eigenvalue weighted by Gasteiger charge is 2.10. The summed E-state index contributed by atoms with van der Waals surface area (Å²) in [6.45, 7) is 3.92. The number of benzene rings is 1. The van der Waals surface area contributed by atoms with Gasteiger partial charge in [0.05, 0.1) is 0 Å². The molecule has 0 saturated heterocycles. The number of pyridine rings is 1. The molecule has 2 aromatic rings. The average Bonchev–Trinajstić information content (AvgIpc) is 2.32. The van der Waals surface area contributed by atoms with Gasteiger partial charge in [0.15, 0.2) is 0 Å². The van der Waals surface area contributed by atoms with Gasteiger partial charge in [-0.15, -0.1) is 0 Å². The summed E-state index contributed by atoms with van der Waals surface area (Å²) in [5.74, 6) is 1.39. The number of ether oxygens (including phenoxy) is 1. The van der Waals surface area contributed by atoms with Gasteiger partial charge in [-0.05, 0) is 31.5 Å². The smallest absolute Gasteiger partial charge is 0.223 e. The SMILES string of the molecule is Cc1ccccc1Oc1ncccc1C(C)N. The second-order valence-electron chi connectivity index (χ2n) is 4.05. The van der Waals surface area contributed by atoms with Gasteiger partial charge in [0.1, 0.15) is 5.75 Å². The van der Waals surface area contributed by atoms with Crippen molar-refractivity contribution in [3.8, 4) is 11.6 Å². The largest absolute Gasteiger partial charge is 0.438 e. The monoisotopic (exact) mass is 228 g/mol. The summed E-state index contributed by atoms with van der Waals surface area (Å²) >= 11 is 0. The number of nitrogens with two attached hydrogens (primary N) is 1. The molecule has 0 aliphatic carbocycles. The van der Waals surface area contributed by atoms with Crippen LogP contribution >= 0.6 is 0 Å². The quantitative estimate of drug-likeness (QED) is 0.877. The molecule has 1 aromatic carbocycles. The van der Waals surface area contributed by atoms with Gasteiger partial charge in [0, 0.05) is 17.8 Å². The Morgan fingerprint density at radius 1 is 1.18 bits per heavy atom. The maximum absolute atomic E-state index is 5.89. The molecule has 0 spiro atoms. The van der Waals surface area contributed by atoms with Crippen molar-refractivity contribution < 1.29 is 4.74 Å². The summed E-state index contributed by atoms with van der Waals surface area (Å²) in [7, 11) is 0. The van der Waals surface area contributed by atoms with Gasteiger partial charge in [-0.25, -0.2) is 4.98 Å². The van der Waals surface area contributed by atoms with Crippen LogP contribution in [-0.4, -0.2) is 4.98 Å². The van der Waals surface area contributed by atoms with Gasteiger partial charge in [0.25, 0.3) is 0 Å². The summed E-state index contributed by atoms with van der Waals surface area (Å²) in [6, 6.07) is 11.6. The molecule has 0 amide bonds. The van der Waals surface area contributed by atoms with E-state index in [-0.39, 0.29) is 6.04 Å². The number of aromatic nitrogens is 1. The van der Waals surface area contributed by atoms with E-state index in [1.54, 1.807) is 6.20 Å². The Balaban J connectivity index is 2.34. The molecule has 1 aromatic heterocycles. The van der Waals surface area contributed by atoms with Crippen LogP contribution in [-0.2, 0) is 0 Å². The molecule has 3 nitrogen and oxygen atoms in total. The van der Waals surface area contributed by atoms with Crippen LogP contribution in [0, 0.1) is 6.92 Å². The summed E-state index contributed by atoms with van der Waals surface area (Å²) in [6.07, 6.45) is 1.71. The molecule has 0 fully saturated rings. The highest BCUT2D eigenvalue weighted by Crippen LogP contribution is 2.27. The van der Waals surface area contributed by atoms with Gasteiger partial charge in [-0.2, -0.15) is 0 Å². The Morgan fingerprint density at radius 2 is 1.94 bits per heavy atom. The van der Waals surface area contributed by atoms with Crippen molar-refractivity contribution in [3.63, 3.8) is 0 Å². The molecule has 0 bridgehead atoms. The van der Waals surface area contributed by atoms with Gasteiger partial charge in [-0.1, -0.05) is 24.3 Å². The van der Waals surface area contributed by atoms with Crippen LogP contribution in [0.2, 0.25) is 0 Å². The van der Waals surface area contributed by atoms with Crippen LogP contribution < -0.4 is 10.5 Å². The van der Waals surface area contributed by atoms with E-state index < -0.39 is 0 Å². The summed E-state index contributed by atoms with van der Waals surface area (Å²) in [5.41, 5.74) is 7.88. The Labute approximate surface area is 101 Å². The van der Waals surface area contributed by atoms with Crippen LogP contribution in [0.4, 0.5) is 0 Å². The second kappa shape index (κ2) is 4.97. The first-order valence-corrected chi connectivity index (χ1v) is 5.62. The van der Waals surface area contributed by atoms with Crippen molar-refractivity contribution in [2.75, 3.05) is 0 Å². The Morgan fingerprint density at radius 3 is 2.65 bits per heavy atom. The normalized spacial score (nSPS) is 12.2. The predicted octanol–water partition coefficient (Wildman–Crippen LogP) is 3.20. The zero-order chi connectivity index (χ0) is 12.3. The molecule has 1 unspecified atom stereocenters. The zero-order valence-electron chi connectivity index (χ0n) is 10.1. The summed E-state index contributed by atoms with van der Waals surface area (Å²) < 4.78 is 5.81. The van der Waals surface area contributed by atoms with Crippen molar-refractivity contribution >= 4 is 0 Å². The lowest BCUT2D eigenvalue weighted by molar-refractivity contribution is 0.449. The molecule has 0 radical (unpaired) electrons. The van der Waals surface area contributed by atoms with Crippen LogP contribution in [0.15, 0.2) is 42.6 Å². The second-order valence-corrected chi connectivity index (χ2v) is 4.05. The highest BCUT2D eigenvalue weighted by molar-refractivity contribution is 5.38. The van der Waals surface area contributed by atoms with Crippen LogP contribution in [0.25, 0.3) is 0 Å². The zero-order valence-corrected chi connectivity index (χ0v) is 10.1. The molecule has 1 atom stereocenters. The number of hydrogen-bond donors (Lipinski definition) is 1. The third-order valence-electron chi connectivity index (χ3n) is 2.59. The first-order valence-electron chi connectivity index (χ1n) is 5.62. The van der Waals surface area contributed by atoms with Crippen molar-refractivity contribution in [2.24, 2.45) is 5.73 Å². The van der Waals surface area contributed by atoms with E-state index in [2.05, 4.69) is 4.98 Å². The molecule has 1 heterocycles. The standard InChI is InChI=1S/C14H16N2O/c1-10-6-3-4-8-13(10)17-14-12(11(2)15)7-5-9-16-14/h3-9,11H,15H2,1-2H3. The molecule has 0 aliphatic rings. The topological polar surface area (TPSA) is 48.1 Å². The summed E-state index contributed by atoms with van der Waals surface area (Å²) in [5, 5.41) is 0. The number of hydrogen-bond acceptors (Lipinski definition) is 3. The first-order chi connectivity index (χ1) is 8.18. The van der Waals surface area contributed by atoms with E-state index in [1.165, 1.54) is 0 Å². The Bertz CT molecular complexity index is 509. The maximum Gasteiger partial charge on any atom is 0.223 e. The third kappa shape index (κ3) is 2.63. The first kappa shape index (κ1) is 11.6. The lowest BCUT2D eigenvalue weighted by Gasteiger charge is -2.13. The van der Waals surface area contributed by atoms with E-state index in [1.807, 2.05) is 50.2 Å². The van der Waals surface area contributed by atoms with Crippen LogP contribution in [0.1, 0.15) is 24.1 Å². The molecule has 0 aliphatic heterocycles. The lowest BCUT2D eigenvalue weighted by Crippen LogP contribution is -2.07. The minimum atomic E-state index is -0.0947. The van der Waals surface area contributed by atoms with Crippen molar-refractivity contribution in [1.29, 1.82) is 0 Å². The van der Waals surface area contributed by atoms with E-state index in [4.69, 9.17) is 10.5 Å². The molecule has 2 N–H and O–H groups in total. The van der Waals surface area contributed by atoms with E-state index >= 15 is 0 Å². The predicted molar refractivity (Wildman–Crippen MR) is 68.1 cm³/mol. The van der Waals surface area contributed by atoms with E-state index in [0.29, 0.717) is 5.88 Å². The molecule has 2 rings (SSSR count). The number of para-hydroxylation sites is 1. The third-order valence-corrected chi connectivity index (χ3v) is 2.59. The van der Waals surface area contributed by atoms with E-state index in [0.717, 1.165) is 16.9 Å². The molecule has 3 heteroatoms. The number of rotatable bonds is 3. The van der Waals surface area contributed by atoms with Gasteiger partial charge < -0.3 is 10.5 Å². The number of aryl methyl sites for hydroxylation is 1. The minimum absolute atomic E-state index is 0.0947. The molecule has 0 saturated carbocycles. The molecule has 88 valence electrons. The fraction of sp³-hybridized carbons (Fsp3) is 0.214. The fourth-order valence-electron chi connectivity index (χ4n) is 1.61. The van der Waals surface area contributed by atoms with Crippen LogP contribution in [0.3, 0.4) is 0 Å². The Hall–Kier alpha value is -1.87. The van der Waals surface area contributed by atoms with Crippen molar-refractivity contribution in [3.05, 3.63) is 53.7 Å². The minimum Gasteiger partial charge on any atom is -0.438 e. The fourth-order valence-corrected chi connectivity index (χ4v) is 1.61. The Kier molecular flexibility index (Phi) is 3.40.